The summed E-state index contributed by atoms with van der Waals surface area (Å²) in [7, 11) is 0. The van der Waals surface area contributed by atoms with Crippen molar-refractivity contribution in [3.05, 3.63) is 5.21 Å². The van der Waals surface area contributed by atoms with Gasteiger partial charge in [0, 0.05) is 11.1 Å². The first-order chi connectivity index (χ1) is 3.27. The van der Waals surface area contributed by atoms with Crippen LogP contribution in [-0.2, 0) is 0 Å². The van der Waals surface area contributed by atoms with Crippen LogP contribution in [0, 0.1) is 10.6 Å². The number of rotatable bonds is 2. The Labute approximate surface area is 40.8 Å². The minimum absolute atomic E-state index is 0.181. The van der Waals surface area contributed by atoms with Crippen LogP contribution in [0.1, 0.15) is 6.42 Å². The van der Waals surface area contributed by atoms with Gasteiger partial charge < -0.3 is 10.6 Å². The molecule has 7 heavy (non-hydrogen) atoms. The van der Waals surface area contributed by atoms with E-state index in [0.717, 1.165) is 12.4 Å². The maximum atomic E-state index is 9.52. The van der Waals surface area contributed by atoms with Crippen LogP contribution >= 0.6 is 0 Å². The van der Waals surface area contributed by atoms with E-state index in [1.165, 1.54) is 0 Å². The molecule has 2 N–H and O–H groups in total. The number of hydrogen-bond donors (Lipinski definition) is 2. The first kappa shape index (κ1) is 5.94. The molecule has 0 aliphatic rings. The predicted molar refractivity (Wildman–Crippen MR) is 24.9 cm³/mol. The van der Waals surface area contributed by atoms with Gasteiger partial charge in [0.15, 0.2) is 0 Å². The third kappa shape index (κ3) is 4.94. The highest BCUT2D eigenvalue weighted by molar-refractivity contribution is 5.74. The molecule has 40 valence electrons. The second-order valence-electron chi connectivity index (χ2n) is 0.925. The molecule has 0 aromatic carbocycles. The van der Waals surface area contributed by atoms with Crippen LogP contribution in [0.2, 0.25) is 0 Å². The van der Waals surface area contributed by atoms with Crippen molar-refractivity contribution in [1.82, 2.24) is 0 Å². The molecule has 0 aromatic heterocycles. The van der Waals surface area contributed by atoms with Crippen molar-refractivity contribution in [1.29, 1.82) is 5.41 Å². The molecule has 0 amide bonds. The summed E-state index contributed by atoms with van der Waals surface area (Å²) in [5.41, 5.74) is 0. The van der Waals surface area contributed by atoms with Crippen molar-refractivity contribution in [3.8, 4) is 0 Å². The summed E-state index contributed by atoms with van der Waals surface area (Å²) in [4.78, 5) is -0.314. The molecule has 0 bridgehead atoms. The quantitative estimate of drug-likeness (QED) is 0.223. The Morgan fingerprint density at radius 3 is 2.57 bits per heavy atom. The summed E-state index contributed by atoms with van der Waals surface area (Å²) >= 11 is 0. The minimum Gasteiger partial charge on any atom is -0.418 e. The van der Waals surface area contributed by atoms with Gasteiger partial charge in [0.05, 0.1) is 6.42 Å². The van der Waals surface area contributed by atoms with Gasteiger partial charge in [-0.1, -0.05) is 0 Å². The van der Waals surface area contributed by atoms with Crippen LogP contribution < -0.4 is 0 Å². The maximum absolute atomic E-state index is 9.52. The fourth-order valence-electron chi connectivity index (χ4n) is 0.143. The van der Waals surface area contributed by atoms with Crippen molar-refractivity contribution >= 4 is 12.4 Å². The maximum Gasteiger partial charge on any atom is 0.215 e. The Kier molecular flexibility index (Phi) is 2.67. The minimum atomic E-state index is -0.314. The fourth-order valence-corrected chi connectivity index (χ4v) is 0.143. The Morgan fingerprint density at radius 1 is 1.86 bits per heavy atom. The molecule has 0 saturated heterocycles. The summed E-state index contributed by atoms with van der Waals surface area (Å²) < 4.78 is 0. The number of hydrogen-bond acceptors (Lipinski definition) is 3. The Hall–Kier alpha value is -1.06. The summed E-state index contributed by atoms with van der Waals surface area (Å²) in [6.45, 7) is 0. The topological polar surface area (TPSA) is 70.2 Å². The normalized spacial score (nSPS) is 11.1. The second kappa shape index (κ2) is 3.14. The van der Waals surface area contributed by atoms with Crippen LogP contribution in [0.4, 0.5) is 0 Å². The van der Waals surface area contributed by atoms with Crippen molar-refractivity contribution in [2.75, 3.05) is 0 Å². The molecule has 0 aliphatic heterocycles. The van der Waals surface area contributed by atoms with Crippen molar-refractivity contribution in [3.63, 3.8) is 0 Å². The molecule has 0 aromatic rings. The van der Waals surface area contributed by atoms with Crippen LogP contribution in [0.3, 0.4) is 0 Å². The van der Waals surface area contributed by atoms with Crippen molar-refractivity contribution in [2.24, 2.45) is 0 Å². The van der Waals surface area contributed by atoms with E-state index in [0.29, 0.717) is 0 Å². The van der Waals surface area contributed by atoms with Gasteiger partial charge in [-0.2, -0.15) is 0 Å². The van der Waals surface area contributed by atoms with Crippen molar-refractivity contribution < 1.29 is 10.1 Å². The van der Waals surface area contributed by atoms with Gasteiger partial charge in [0.25, 0.3) is 0 Å². The molecule has 0 atom stereocenters. The molecular formula is C3H6N2O2. The zero-order chi connectivity index (χ0) is 5.70. The van der Waals surface area contributed by atoms with E-state index in [1.807, 2.05) is 0 Å². The average Bonchev–Trinajstić information content (AvgIpc) is 1.61. The lowest BCUT2D eigenvalue weighted by molar-refractivity contribution is -0.723. The Bertz CT molecular complexity index is 84.9. The highest BCUT2D eigenvalue weighted by Gasteiger charge is 1.78. The first-order valence-electron chi connectivity index (χ1n) is 1.75. The molecule has 4 nitrogen and oxygen atoms in total. The zero-order valence-electron chi connectivity index (χ0n) is 3.66. The number of nitrogens with zero attached hydrogens (tertiary/aromatic N) is 1. The van der Waals surface area contributed by atoms with Gasteiger partial charge in [-0.25, -0.2) is 0 Å². The van der Waals surface area contributed by atoms with Gasteiger partial charge in [-0.3, -0.25) is 5.21 Å². The standard InChI is InChI=1S/C3H6N2O2/c4-2-1-3-5(6)7/h2-4H,1H2,(H,6,7). The molecule has 0 heterocycles. The predicted octanol–water partition coefficient (Wildman–Crippen LogP) is -0.00363. The van der Waals surface area contributed by atoms with Gasteiger partial charge in [-0.15, -0.1) is 0 Å². The van der Waals surface area contributed by atoms with Crippen LogP contribution in [0.25, 0.3) is 0 Å². The molecule has 0 fully saturated rings. The summed E-state index contributed by atoms with van der Waals surface area (Å²) in [6, 6.07) is 0. The average molecular weight is 102 g/mol. The van der Waals surface area contributed by atoms with Crippen LogP contribution in [-0.4, -0.2) is 22.5 Å². The lowest BCUT2D eigenvalue weighted by atomic mass is 10.5. The highest BCUT2D eigenvalue weighted by atomic mass is 16.8. The van der Waals surface area contributed by atoms with Gasteiger partial charge >= 0.3 is 0 Å². The van der Waals surface area contributed by atoms with E-state index >= 15 is 0 Å². The second-order valence-corrected chi connectivity index (χ2v) is 0.925. The SMILES string of the molecule is N=CC/C=[N+](\[O-])O. The van der Waals surface area contributed by atoms with E-state index in [1.54, 1.807) is 0 Å². The molecule has 0 saturated carbocycles. The summed E-state index contributed by atoms with van der Waals surface area (Å²) in [5.74, 6) is 0. The third-order valence-corrected chi connectivity index (χ3v) is 0.379. The molecule has 4 heteroatoms. The van der Waals surface area contributed by atoms with E-state index in [9.17, 15) is 5.21 Å². The molecule has 0 aliphatic carbocycles. The monoisotopic (exact) mass is 102 g/mol. The first-order valence-corrected chi connectivity index (χ1v) is 1.75. The lowest BCUT2D eigenvalue weighted by Crippen LogP contribution is -1.96. The van der Waals surface area contributed by atoms with Gasteiger partial charge in [0.2, 0.25) is 6.21 Å². The largest absolute Gasteiger partial charge is 0.418 e. The fraction of sp³-hybridized carbons (Fsp3) is 0.333. The van der Waals surface area contributed by atoms with Crippen LogP contribution in [0.15, 0.2) is 0 Å². The number of nitrogens with one attached hydrogen (secondary N) is 1. The van der Waals surface area contributed by atoms with E-state index < -0.39 is 0 Å². The van der Waals surface area contributed by atoms with E-state index in [-0.39, 0.29) is 11.3 Å². The van der Waals surface area contributed by atoms with Crippen molar-refractivity contribution in [2.45, 2.75) is 6.42 Å². The van der Waals surface area contributed by atoms with Crippen LogP contribution in [0.5, 0.6) is 0 Å². The molecule has 0 spiro atoms. The molecule has 0 rings (SSSR count). The summed E-state index contributed by atoms with van der Waals surface area (Å²) in [5, 5.41) is 23.7. The Balaban J connectivity index is 3.25. The Morgan fingerprint density at radius 2 is 2.43 bits per heavy atom. The molecular weight excluding hydrogens is 96.0 g/mol. The van der Waals surface area contributed by atoms with E-state index in [4.69, 9.17) is 10.6 Å². The highest BCUT2D eigenvalue weighted by Crippen LogP contribution is 1.60. The van der Waals surface area contributed by atoms with Gasteiger partial charge in [-0.05, 0) is 0 Å². The van der Waals surface area contributed by atoms with Gasteiger partial charge in [0.1, 0.15) is 0 Å². The van der Waals surface area contributed by atoms with E-state index in [2.05, 4.69) is 0 Å². The third-order valence-electron chi connectivity index (χ3n) is 0.379. The zero-order valence-corrected chi connectivity index (χ0v) is 3.66. The molecule has 0 radical (unpaired) electrons. The summed E-state index contributed by atoms with van der Waals surface area (Å²) in [6.07, 6.45) is 2.13. The lowest BCUT2D eigenvalue weighted by Gasteiger charge is -1.79. The molecule has 0 unspecified atom stereocenters. The smallest absolute Gasteiger partial charge is 0.215 e.